The molecule has 0 aliphatic rings. The fraction of sp³-hybridized carbons (Fsp3) is 0. The number of benzene rings is 1. The summed E-state index contributed by atoms with van der Waals surface area (Å²) in [5.74, 6) is -0.0325. The molecule has 0 unspecified atom stereocenters. The second-order valence-electron chi connectivity index (χ2n) is 2.54. The zero-order valence-corrected chi connectivity index (χ0v) is 7.44. The molecule has 0 aromatic heterocycles. The SMILES string of the molecule is N#Cc1ccc(/C=[NH+]\N=C(N)N)cc1. The van der Waals surface area contributed by atoms with Crippen molar-refractivity contribution in [2.75, 3.05) is 0 Å². The first-order valence-corrected chi connectivity index (χ1v) is 3.90. The highest BCUT2D eigenvalue weighted by atomic mass is 15.3. The summed E-state index contributed by atoms with van der Waals surface area (Å²) in [5, 5.41) is 14.7. The lowest BCUT2D eigenvalue weighted by Crippen LogP contribution is -2.63. The van der Waals surface area contributed by atoms with E-state index in [4.69, 9.17) is 16.7 Å². The molecule has 0 aliphatic heterocycles. The fourth-order valence-electron chi connectivity index (χ4n) is 0.835. The third kappa shape index (κ3) is 2.95. The second-order valence-corrected chi connectivity index (χ2v) is 2.54. The summed E-state index contributed by atoms with van der Waals surface area (Å²) in [4.78, 5) is 0. The molecular weight excluding hydrogens is 178 g/mol. The van der Waals surface area contributed by atoms with Crippen LogP contribution >= 0.6 is 0 Å². The Morgan fingerprint density at radius 2 is 2.00 bits per heavy atom. The zero-order valence-electron chi connectivity index (χ0n) is 7.44. The third-order valence-electron chi connectivity index (χ3n) is 1.46. The summed E-state index contributed by atoms with van der Waals surface area (Å²) >= 11 is 0. The van der Waals surface area contributed by atoms with E-state index in [1.54, 1.807) is 30.5 Å². The van der Waals surface area contributed by atoms with E-state index >= 15 is 0 Å². The van der Waals surface area contributed by atoms with Gasteiger partial charge in [0, 0.05) is 10.7 Å². The van der Waals surface area contributed by atoms with Gasteiger partial charge in [0.1, 0.15) is 0 Å². The van der Waals surface area contributed by atoms with Crippen molar-refractivity contribution in [1.82, 2.24) is 0 Å². The van der Waals surface area contributed by atoms with E-state index in [1.807, 2.05) is 6.07 Å². The van der Waals surface area contributed by atoms with Crippen LogP contribution in [0.25, 0.3) is 0 Å². The van der Waals surface area contributed by atoms with Crippen molar-refractivity contribution in [2.24, 2.45) is 16.6 Å². The molecule has 5 N–H and O–H groups in total. The average Bonchev–Trinajstić information content (AvgIpc) is 2.18. The third-order valence-corrected chi connectivity index (χ3v) is 1.46. The van der Waals surface area contributed by atoms with Gasteiger partial charge in [0.2, 0.25) is 6.21 Å². The van der Waals surface area contributed by atoms with Gasteiger partial charge in [0.25, 0.3) is 5.96 Å². The van der Waals surface area contributed by atoms with Gasteiger partial charge in [-0.1, -0.05) is 0 Å². The minimum atomic E-state index is -0.0325. The minimum absolute atomic E-state index is 0.0325. The molecule has 5 nitrogen and oxygen atoms in total. The smallest absolute Gasteiger partial charge is 0.256 e. The van der Waals surface area contributed by atoms with Gasteiger partial charge in [0.15, 0.2) is 0 Å². The molecule has 14 heavy (non-hydrogen) atoms. The minimum Gasteiger partial charge on any atom is -0.365 e. The molecule has 0 bridgehead atoms. The number of hydrogen-bond donors (Lipinski definition) is 3. The van der Waals surface area contributed by atoms with Crippen LogP contribution in [0.5, 0.6) is 0 Å². The molecule has 0 aliphatic carbocycles. The number of hydrazone groups is 1. The number of hydrogen-bond acceptors (Lipinski definition) is 2. The molecule has 0 heterocycles. The molecule has 0 saturated carbocycles. The lowest BCUT2D eigenvalue weighted by molar-refractivity contribution is -0.456. The summed E-state index contributed by atoms with van der Waals surface area (Å²) in [6.07, 6.45) is 1.63. The Morgan fingerprint density at radius 1 is 1.36 bits per heavy atom. The highest BCUT2D eigenvalue weighted by Crippen LogP contribution is 1.98. The van der Waals surface area contributed by atoms with E-state index in [0.29, 0.717) is 5.56 Å². The molecule has 0 fully saturated rings. The Balaban J connectivity index is 2.75. The lowest BCUT2D eigenvalue weighted by atomic mass is 10.2. The van der Waals surface area contributed by atoms with Crippen LogP contribution in [0.4, 0.5) is 0 Å². The summed E-state index contributed by atoms with van der Waals surface area (Å²) in [5.41, 5.74) is 11.7. The average molecular weight is 188 g/mol. The van der Waals surface area contributed by atoms with Gasteiger partial charge in [-0.15, -0.1) is 5.10 Å². The Morgan fingerprint density at radius 3 is 2.50 bits per heavy atom. The molecule has 5 heteroatoms. The summed E-state index contributed by atoms with van der Waals surface area (Å²) in [6, 6.07) is 9.02. The van der Waals surface area contributed by atoms with Crippen LogP contribution in [0.2, 0.25) is 0 Å². The number of nitriles is 1. The maximum atomic E-state index is 8.55. The van der Waals surface area contributed by atoms with Gasteiger partial charge >= 0.3 is 0 Å². The fourth-order valence-corrected chi connectivity index (χ4v) is 0.835. The first kappa shape index (κ1) is 9.74. The molecular formula is C9H10N5+. The van der Waals surface area contributed by atoms with Gasteiger partial charge in [0.05, 0.1) is 11.6 Å². The lowest BCUT2D eigenvalue weighted by Gasteiger charge is -1.87. The van der Waals surface area contributed by atoms with Gasteiger partial charge in [-0.2, -0.15) is 5.26 Å². The Labute approximate surface area is 81.4 Å². The van der Waals surface area contributed by atoms with E-state index in [9.17, 15) is 0 Å². The first-order valence-electron chi connectivity index (χ1n) is 3.90. The van der Waals surface area contributed by atoms with Crippen molar-refractivity contribution in [3.05, 3.63) is 35.4 Å². The van der Waals surface area contributed by atoms with Gasteiger partial charge in [-0.3, -0.25) is 0 Å². The van der Waals surface area contributed by atoms with E-state index in [-0.39, 0.29) is 5.96 Å². The predicted octanol–water partition coefficient (Wildman–Crippen LogP) is -1.75. The van der Waals surface area contributed by atoms with Crippen molar-refractivity contribution in [3.8, 4) is 6.07 Å². The van der Waals surface area contributed by atoms with E-state index in [1.165, 1.54) is 0 Å². The maximum absolute atomic E-state index is 8.55. The van der Waals surface area contributed by atoms with Crippen LogP contribution in [0, 0.1) is 11.3 Å². The van der Waals surface area contributed by atoms with Gasteiger partial charge < -0.3 is 11.5 Å². The number of nitrogens with one attached hydrogen (secondary N) is 1. The summed E-state index contributed by atoms with van der Waals surface area (Å²) < 4.78 is 0. The van der Waals surface area contributed by atoms with Crippen LogP contribution in [0.3, 0.4) is 0 Å². The number of rotatable bonds is 2. The maximum Gasteiger partial charge on any atom is 0.256 e. The first-order chi connectivity index (χ1) is 6.72. The van der Waals surface area contributed by atoms with Gasteiger partial charge in [-0.25, -0.2) is 0 Å². The molecule has 0 atom stereocenters. The predicted molar refractivity (Wildman–Crippen MR) is 53.1 cm³/mol. The normalized spacial score (nSPS) is 9.64. The van der Waals surface area contributed by atoms with Crippen LogP contribution in [0.1, 0.15) is 11.1 Å². The summed E-state index contributed by atoms with van der Waals surface area (Å²) in [6.45, 7) is 0. The largest absolute Gasteiger partial charge is 0.365 e. The standard InChI is InChI=1S/C9H9N5/c10-5-7-1-3-8(4-2-7)6-13-14-9(11)12/h1-4,6H,(H4,11,12,14)/p+1/b13-6-. The van der Waals surface area contributed by atoms with E-state index in [0.717, 1.165) is 5.56 Å². The Kier molecular flexibility index (Phi) is 3.21. The van der Waals surface area contributed by atoms with Crippen LogP contribution in [0.15, 0.2) is 29.4 Å². The van der Waals surface area contributed by atoms with Crippen LogP contribution in [-0.4, -0.2) is 12.2 Å². The molecule has 70 valence electrons. The van der Waals surface area contributed by atoms with Crippen molar-refractivity contribution in [1.29, 1.82) is 5.26 Å². The highest BCUT2D eigenvalue weighted by Gasteiger charge is 1.92. The van der Waals surface area contributed by atoms with Crippen molar-refractivity contribution in [3.63, 3.8) is 0 Å². The van der Waals surface area contributed by atoms with Crippen molar-refractivity contribution < 1.29 is 5.10 Å². The number of nitrogens with two attached hydrogens (primary N) is 2. The Hall–Kier alpha value is -2.35. The van der Waals surface area contributed by atoms with Crippen LogP contribution < -0.4 is 16.6 Å². The molecule has 0 radical (unpaired) electrons. The van der Waals surface area contributed by atoms with Crippen LogP contribution in [-0.2, 0) is 0 Å². The molecule has 0 amide bonds. The zero-order chi connectivity index (χ0) is 10.4. The van der Waals surface area contributed by atoms with E-state index in [2.05, 4.69) is 10.2 Å². The van der Waals surface area contributed by atoms with Crippen molar-refractivity contribution in [2.45, 2.75) is 0 Å². The number of guanidine groups is 1. The van der Waals surface area contributed by atoms with Gasteiger partial charge in [-0.05, 0) is 24.3 Å². The van der Waals surface area contributed by atoms with E-state index < -0.39 is 0 Å². The quantitative estimate of drug-likeness (QED) is 0.291. The molecule has 0 spiro atoms. The highest BCUT2D eigenvalue weighted by molar-refractivity contribution is 5.77. The number of nitrogens with zero attached hydrogens (tertiary/aromatic N) is 2. The molecule has 1 aromatic carbocycles. The molecule has 0 saturated heterocycles. The Bertz CT molecular complexity index is 392. The molecule has 1 rings (SSSR count). The topological polar surface area (TPSA) is 102 Å². The monoisotopic (exact) mass is 188 g/mol. The van der Waals surface area contributed by atoms with Crippen molar-refractivity contribution >= 4 is 12.2 Å². The second kappa shape index (κ2) is 4.62. The summed E-state index contributed by atoms with van der Waals surface area (Å²) in [7, 11) is 0. The molecule has 1 aromatic rings.